The van der Waals surface area contributed by atoms with E-state index in [1.54, 1.807) is 6.21 Å². The number of carbonyl (C=O) groups is 1. The van der Waals surface area contributed by atoms with Gasteiger partial charge in [0.1, 0.15) is 12.4 Å². The third kappa shape index (κ3) is 5.98. The standard InChI is InChI=1S/C20H23N3O3/c24-20(15-23-9-11-25-12-10-23)22-21-14-18-7-4-8-19(13-18)26-16-17-5-2-1-3-6-17/h1-8,13-14H,9-12,15-16H2,(H,22,24)/b21-14-. The van der Waals surface area contributed by atoms with Crippen LogP contribution < -0.4 is 10.2 Å². The molecule has 26 heavy (non-hydrogen) atoms. The highest BCUT2D eigenvalue weighted by Gasteiger charge is 2.13. The van der Waals surface area contributed by atoms with Gasteiger partial charge in [-0.25, -0.2) is 5.43 Å². The summed E-state index contributed by atoms with van der Waals surface area (Å²) in [5.74, 6) is 0.636. The van der Waals surface area contributed by atoms with Crippen LogP contribution in [-0.4, -0.2) is 49.9 Å². The number of rotatable bonds is 7. The number of ether oxygens (including phenoxy) is 2. The van der Waals surface area contributed by atoms with Crippen molar-refractivity contribution < 1.29 is 14.3 Å². The molecule has 6 heteroatoms. The third-order valence-corrected chi connectivity index (χ3v) is 3.98. The van der Waals surface area contributed by atoms with Crippen LogP contribution in [0.2, 0.25) is 0 Å². The maximum atomic E-state index is 11.9. The van der Waals surface area contributed by atoms with Crippen molar-refractivity contribution in [2.75, 3.05) is 32.8 Å². The highest BCUT2D eigenvalue weighted by Crippen LogP contribution is 2.14. The second-order valence-corrected chi connectivity index (χ2v) is 6.03. The maximum Gasteiger partial charge on any atom is 0.254 e. The molecule has 0 radical (unpaired) electrons. The van der Waals surface area contributed by atoms with E-state index in [0.29, 0.717) is 26.4 Å². The van der Waals surface area contributed by atoms with E-state index in [0.717, 1.165) is 30.0 Å². The molecule has 1 N–H and O–H groups in total. The number of nitrogens with one attached hydrogen (secondary N) is 1. The van der Waals surface area contributed by atoms with Crippen molar-refractivity contribution >= 4 is 12.1 Å². The van der Waals surface area contributed by atoms with Crippen molar-refractivity contribution in [1.82, 2.24) is 10.3 Å². The average molecular weight is 353 g/mol. The van der Waals surface area contributed by atoms with Gasteiger partial charge in [-0.3, -0.25) is 9.69 Å². The molecule has 0 unspecified atom stereocenters. The Kier molecular flexibility index (Phi) is 6.75. The monoisotopic (exact) mass is 353 g/mol. The predicted molar refractivity (Wildman–Crippen MR) is 100 cm³/mol. The average Bonchev–Trinajstić information content (AvgIpc) is 2.68. The fourth-order valence-electron chi connectivity index (χ4n) is 2.60. The number of nitrogens with zero attached hydrogens (tertiary/aromatic N) is 2. The lowest BCUT2D eigenvalue weighted by Crippen LogP contribution is -2.42. The summed E-state index contributed by atoms with van der Waals surface area (Å²) in [6.45, 7) is 3.74. The van der Waals surface area contributed by atoms with Crippen LogP contribution in [0.4, 0.5) is 0 Å². The van der Waals surface area contributed by atoms with Crippen molar-refractivity contribution in [3.63, 3.8) is 0 Å². The molecular weight excluding hydrogens is 330 g/mol. The third-order valence-electron chi connectivity index (χ3n) is 3.98. The van der Waals surface area contributed by atoms with Crippen LogP contribution in [0.1, 0.15) is 11.1 Å². The van der Waals surface area contributed by atoms with Crippen LogP contribution in [0.15, 0.2) is 59.7 Å². The molecule has 0 aliphatic carbocycles. The molecule has 3 rings (SSSR count). The fourth-order valence-corrected chi connectivity index (χ4v) is 2.60. The predicted octanol–water partition coefficient (Wildman–Crippen LogP) is 2.05. The minimum absolute atomic E-state index is 0.125. The van der Waals surface area contributed by atoms with Crippen LogP contribution in [0, 0.1) is 0 Å². The lowest BCUT2D eigenvalue weighted by atomic mass is 10.2. The summed E-state index contributed by atoms with van der Waals surface area (Å²) >= 11 is 0. The first kappa shape index (κ1) is 18.1. The molecule has 2 aromatic rings. The van der Waals surface area contributed by atoms with Gasteiger partial charge in [0, 0.05) is 13.1 Å². The molecule has 0 spiro atoms. The lowest BCUT2D eigenvalue weighted by Gasteiger charge is -2.25. The Morgan fingerprint density at radius 1 is 1.15 bits per heavy atom. The summed E-state index contributed by atoms with van der Waals surface area (Å²) in [4.78, 5) is 13.9. The first-order valence-electron chi connectivity index (χ1n) is 8.68. The number of morpholine rings is 1. The first-order valence-corrected chi connectivity index (χ1v) is 8.68. The Labute approximate surface area is 153 Å². The molecule has 0 atom stereocenters. The smallest absolute Gasteiger partial charge is 0.254 e. The highest BCUT2D eigenvalue weighted by atomic mass is 16.5. The number of hydrogen-bond acceptors (Lipinski definition) is 5. The molecule has 1 amide bonds. The molecule has 1 saturated heterocycles. The molecule has 1 aliphatic rings. The Bertz CT molecular complexity index is 728. The van der Waals surface area contributed by atoms with Crippen molar-refractivity contribution in [1.29, 1.82) is 0 Å². The van der Waals surface area contributed by atoms with Crippen LogP contribution in [0.5, 0.6) is 5.75 Å². The molecule has 6 nitrogen and oxygen atoms in total. The van der Waals surface area contributed by atoms with E-state index in [-0.39, 0.29) is 5.91 Å². The topological polar surface area (TPSA) is 63.2 Å². The number of hydrogen-bond donors (Lipinski definition) is 1. The number of amides is 1. The SMILES string of the molecule is O=C(CN1CCOCC1)N/N=C\c1cccc(OCc2ccccc2)c1. The van der Waals surface area contributed by atoms with Gasteiger partial charge >= 0.3 is 0 Å². The van der Waals surface area contributed by atoms with Crippen LogP contribution in [0.25, 0.3) is 0 Å². The van der Waals surface area contributed by atoms with Gasteiger partial charge in [0.25, 0.3) is 5.91 Å². The minimum Gasteiger partial charge on any atom is -0.489 e. The van der Waals surface area contributed by atoms with E-state index in [1.165, 1.54) is 0 Å². The molecule has 1 fully saturated rings. The lowest BCUT2D eigenvalue weighted by molar-refractivity contribution is -0.123. The van der Waals surface area contributed by atoms with Crippen molar-refractivity contribution in [2.45, 2.75) is 6.61 Å². The van der Waals surface area contributed by atoms with Crippen molar-refractivity contribution in [2.24, 2.45) is 5.10 Å². The zero-order chi connectivity index (χ0) is 18.0. The van der Waals surface area contributed by atoms with E-state index in [9.17, 15) is 4.79 Å². The summed E-state index contributed by atoms with van der Waals surface area (Å²) in [7, 11) is 0. The molecule has 1 aliphatic heterocycles. The summed E-state index contributed by atoms with van der Waals surface area (Å²) < 4.78 is 11.1. The molecule has 2 aromatic carbocycles. The fraction of sp³-hybridized carbons (Fsp3) is 0.300. The molecule has 0 saturated carbocycles. The number of hydrazone groups is 1. The Morgan fingerprint density at radius 2 is 1.96 bits per heavy atom. The molecule has 1 heterocycles. The van der Waals surface area contributed by atoms with Gasteiger partial charge in [-0.1, -0.05) is 42.5 Å². The summed E-state index contributed by atoms with van der Waals surface area (Å²) in [6, 6.07) is 17.6. The summed E-state index contributed by atoms with van der Waals surface area (Å²) in [5.41, 5.74) is 4.54. The van der Waals surface area contributed by atoms with E-state index < -0.39 is 0 Å². The van der Waals surface area contributed by atoms with E-state index in [2.05, 4.69) is 10.5 Å². The van der Waals surface area contributed by atoms with Gasteiger partial charge in [0.15, 0.2) is 0 Å². The Hall–Kier alpha value is -2.70. The first-order chi connectivity index (χ1) is 12.8. The van der Waals surface area contributed by atoms with Gasteiger partial charge in [-0.15, -0.1) is 0 Å². The minimum atomic E-state index is -0.125. The van der Waals surface area contributed by atoms with Crippen LogP contribution in [-0.2, 0) is 16.1 Å². The molecule has 0 aromatic heterocycles. The van der Waals surface area contributed by atoms with E-state index >= 15 is 0 Å². The van der Waals surface area contributed by atoms with E-state index in [4.69, 9.17) is 9.47 Å². The molecule has 0 bridgehead atoms. The quantitative estimate of drug-likeness (QED) is 0.611. The molecular formula is C20H23N3O3. The maximum absolute atomic E-state index is 11.9. The normalized spacial score (nSPS) is 15.1. The second-order valence-electron chi connectivity index (χ2n) is 6.03. The van der Waals surface area contributed by atoms with Crippen LogP contribution in [0.3, 0.4) is 0 Å². The molecule has 136 valence electrons. The Balaban J connectivity index is 1.46. The summed E-state index contributed by atoms with van der Waals surface area (Å²) in [6.07, 6.45) is 1.62. The van der Waals surface area contributed by atoms with Gasteiger partial charge in [0.05, 0.1) is 26.0 Å². The van der Waals surface area contributed by atoms with Gasteiger partial charge in [0.2, 0.25) is 0 Å². The van der Waals surface area contributed by atoms with Crippen molar-refractivity contribution in [3.8, 4) is 5.75 Å². The van der Waals surface area contributed by atoms with Gasteiger partial charge < -0.3 is 9.47 Å². The second kappa shape index (κ2) is 9.70. The number of benzene rings is 2. The largest absolute Gasteiger partial charge is 0.489 e. The van der Waals surface area contributed by atoms with E-state index in [1.807, 2.05) is 59.5 Å². The number of carbonyl (C=O) groups excluding carboxylic acids is 1. The Morgan fingerprint density at radius 3 is 2.77 bits per heavy atom. The zero-order valence-corrected chi connectivity index (χ0v) is 14.6. The van der Waals surface area contributed by atoms with Crippen molar-refractivity contribution in [3.05, 3.63) is 65.7 Å². The van der Waals surface area contributed by atoms with Gasteiger partial charge in [-0.2, -0.15) is 5.10 Å². The summed E-state index contributed by atoms with van der Waals surface area (Å²) in [5, 5.41) is 4.03. The highest BCUT2D eigenvalue weighted by molar-refractivity contribution is 5.83. The zero-order valence-electron chi connectivity index (χ0n) is 14.6. The van der Waals surface area contributed by atoms with Gasteiger partial charge in [-0.05, 0) is 23.3 Å². The van der Waals surface area contributed by atoms with Crippen LogP contribution >= 0.6 is 0 Å².